The molecule has 0 spiro atoms. The molecule has 1 atom stereocenters. The normalized spacial score (nSPS) is 12.4. The monoisotopic (exact) mass is 313 g/mol. The van der Waals surface area contributed by atoms with Crippen molar-refractivity contribution in [3.8, 4) is 0 Å². The van der Waals surface area contributed by atoms with Gasteiger partial charge in [-0.15, -0.1) is 0 Å². The van der Waals surface area contributed by atoms with Crippen LogP contribution in [0, 0.1) is 5.92 Å². The first-order chi connectivity index (χ1) is 11.3. The van der Waals surface area contributed by atoms with E-state index < -0.39 is 0 Å². The van der Waals surface area contributed by atoms with E-state index in [0.717, 1.165) is 32.1 Å². The summed E-state index contributed by atoms with van der Waals surface area (Å²) in [6.45, 7) is 7.26. The van der Waals surface area contributed by atoms with Gasteiger partial charge in [-0.05, 0) is 41.7 Å². The average Bonchev–Trinajstić information content (AvgIpc) is 2.60. The Morgan fingerprint density at radius 3 is 2.61 bits per heavy atom. The molecule has 0 aromatic heterocycles. The van der Waals surface area contributed by atoms with Crippen LogP contribution in [0.1, 0.15) is 46.0 Å². The van der Waals surface area contributed by atoms with Gasteiger partial charge in [0.2, 0.25) is 0 Å². The molecule has 126 valence electrons. The number of hydrogen-bond donors (Lipinski definition) is 1. The number of hydrogen-bond acceptors (Lipinski definition) is 2. The van der Waals surface area contributed by atoms with Gasteiger partial charge in [0.25, 0.3) is 0 Å². The van der Waals surface area contributed by atoms with Crippen molar-refractivity contribution in [2.24, 2.45) is 5.92 Å². The lowest BCUT2D eigenvalue weighted by Gasteiger charge is -2.14. The maximum atomic E-state index is 5.85. The standard InChI is InChI=1S/C21H31NO/c1-3-5-9-18(4-2)17-23-15-8-14-22-21-13-12-19-10-6-7-11-20(19)16-21/h6-7,10-13,16,18,22H,3-5,8-9,14-15,17H2,1-2H3. The molecule has 2 aromatic carbocycles. The average molecular weight is 313 g/mol. The van der Waals surface area contributed by atoms with E-state index in [1.807, 2.05) is 0 Å². The van der Waals surface area contributed by atoms with Gasteiger partial charge in [-0.1, -0.05) is 63.4 Å². The van der Waals surface area contributed by atoms with Gasteiger partial charge >= 0.3 is 0 Å². The summed E-state index contributed by atoms with van der Waals surface area (Å²) >= 11 is 0. The van der Waals surface area contributed by atoms with Crippen LogP contribution >= 0.6 is 0 Å². The minimum Gasteiger partial charge on any atom is -0.385 e. The Balaban J connectivity index is 1.62. The van der Waals surface area contributed by atoms with Gasteiger partial charge in [0.05, 0.1) is 0 Å². The van der Waals surface area contributed by atoms with E-state index in [1.165, 1.54) is 42.1 Å². The van der Waals surface area contributed by atoms with Crippen molar-refractivity contribution >= 4 is 16.5 Å². The van der Waals surface area contributed by atoms with Crippen molar-refractivity contribution in [1.29, 1.82) is 0 Å². The van der Waals surface area contributed by atoms with Gasteiger partial charge in [0, 0.05) is 25.4 Å². The first-order valence-corrected chi connectivity index (χ1v) is 9.14. The van der Waals surface area contributed by atoms with Crippen molar-refractivity contribution < 1.29 is 4.74 Å². The van der Waals surface area contributed by atoms with Gasteiger partial charge < -0.3 is 10.1 Å². The molecular formula is C21H31NO. The molecule has 0 aliphatic rings. The quantitative estimate of drug-likeness (QED) is 0.523. The molecule has 1 unspecified atom stereocenters. The minimum absolute atomic E-state index is 0.739. The summed E-state index contributed by atoms with van der Waals surface area (Å²) in [6, 6.07) is 15.0. The van der Waals surface area contributed by atoms with Crippen LogP contribution in [0.25, 0.3) is 10.8 Å². The number of ether oxygens (including phenoxy) is 1. The Morgan fingerprint density at radius 2 is 1.83 bits per heavy atom. The Labute approximate surface area is 141 Å². The molecule has 0 saturated heterocycles. The van der Waals surface area contributed by atoms with Crippen LogP contribution in [0.5, 0.6) is 0 Å². The van der Waals surface area contributed by atoms with Crippen molar-refractivity contribution in [3.63, 3.8) is 0 Å². The highest BCUT2D eigenvalue weighted by Crippen LogP contribution is 2.18. The van der Waals surface area contributed by atoms with Crippen molar-refractivity contribution in [2.75, 3.05) is 25.1 Å². The number of unbranched alkanes of at least 4 members (excludes halogenated alkanes) is 1. The lowest BCUT2D eigenvalue weighted by Crippen LogP contribution is -2.12. The molecule has 0 amide bonds. The van der Waals surface area contributed by atoms with Crippen molar-refractivity contribution in [3.05, 3.63) is 42.5 Å². The van der Waals surface area contributed by atoms with Gasteiger partial charge in [0.15, 0.2) is 0 Å². The second-order valence-electron chi connectivity index (χ2n) is 6.33. The molecule has 0 fully saturated rings. The van der Waals surface area contributed by atoms with Gasteiger partial charge in [-0.25, -0.2) is 0 Å². The predicted molar refractivity (Wildman–Crippen MR) is 101 cm³/mol. The van der Waals surface area contributed by atoms with Crippen LogP contribution in [-0.4, -0.2) is 19.8 Å². The molecule has 0 bridgehead atoms. The van der Waals surface area contributed by atoms with E-state index in [1.54, 1.807) is 0 Å². The second-order valence-corrected chi connectivity index (χ2v) is 6.33. The fourth-order valence-electron chi connectivity index (χ4n) is 2.85. The molecule has 1 N–H and O–H groups in total. The van der Waals surface area contributed by atoms with Crippen LogP contribution < -0.4 is 5.32 Å². The fraction of sp³-hybridized carbons (Fsp3) is 0.524. The van der Waals surface area contributed by atoms with Crippen LogP contribution in [0.3, 0.4) is 0 Å². The van der Waals surface area contributed by atoms with E-state index >= 15 is 0 Å². The highest BCUT2D eigenvalue weighted by molar-refractivity contribution is 5.85. The lowest BCUT2D eigenvalue weighted by molar-refractivity contribution is 0.0937. The van der Waals surface area contributed by atoms with Gasteiger partial charge in [0.1, 0.15) is 0 Å². The molecule has 2 nitrogen and oxygen atoms in total. The van der Waals surface area contributed by atoms with Gasteiger partial charge in [-0.3, -0.25) is 0 Å². The zero-order valence-corrected chi connectivity index (χ0v) is 14.7. The zero-order chi connectivity index (χ0) is 16.3. The number of rotatable bonds is 11. The minimum atomic E-state index is 0.739. The van der Waals surface area contributed by atoms with Crippen LogP contribution in [0.2, 0.25) is 0 Å². The van der Waals surface area contributed by atoms with Crippen molar-refractivity contribution in [1.82, 2.24) is 0 Å². The number of benzene rings is 2. The van der Waals surface area contributed by atoms with Crippen LogP contribution in [0.4, 0.5) is 5.69 Å². The summed E-state index contributed by atoms with van der Waals surface area (Å²) in [7, 11) is 0. The van der Waals surface area contributed by atoms with E-state index in [-0.39, 0.29) is 0 Å². The molecule has 0 heterocycles. The van der Waals surface area contributed by atoms with Gasteiger partial charge in [-0.2, -0.15) is 0 Å². The zero-order valence-electron chi connectivity index (χ0n) is 14.7. The molecule has 0 saturated carbocycles. The number of fused-ring (bicyclic) bond motifs is 1. The topological polar surface area (TPSA) is 21.3 Å². The summed E-state index contributed by atoms with van der Waals surface area (Å²) in [5.41, 5.74) is 1.19. The molecule has 2 heteroatoms. The maximum Gasteiger partial charge on any atom is 0.0494 e. The number of nitrogens with one attached hydrogen (secondary N) is 1. The fourth-order valence-corrected chi connectivity index (χ4v) is 2.85. The smallest absolute Gasteiger partial charge is 0.0494 e. The van der Waals surface area contributed by atoms with E-state index in [4.69, 9.17) is 4.74 Å². The molecule has 23 heavy (non-hydrogen) atoms. The van der Waals surface area contributed by atoms with Crippen molar-refractivity contribution in [2.45, 2.75) is 46.0 Å². The van der Waals surface area contributed by atoms with Crippen LogP contribution in [-0.2, 0) is 4.74 Å². The third-order valence-corrected chi connectivity index (χ3v) is 4.44. The molecule has 0 aliphatic heterocycles. The third-order valence-electron chi connectivity index (χ3n) is 4.44. The largest absolute Gasteiger partial charge is 0.385 e. The highest BCUT2D eigenvalue weighted by atomic mass is 16.5. The van der Waals surface area contributed by atoms with E-state index in [2.05, 4.69) is 61.6 Å². The Bertz CT molecular complexity index is 567. The van der Waals surface area contributed by atoms with Crippen LogP contribution in [0.15, 0.2) is 42.5 Å². The molecular weight excluding hydrogens is 282 g/mol. The molecule has 2 rings (SSSR count). The summed E-state index contributed by atoms with van der Waals surface area (Å²) in [4.78, 5) is 0. The molecule has 0 radical (unpaired) electrons. The summed E-state index contributed by atoms with van der Waals surface area (Å²) in [6.07, 6.45) is 6.20. The molecule has 0 aliphatic carbocycles. The summed E-state index contributed by atoms with van der Waals surface area (Å²) in [5.74, 6) is 0.739. The van der Waals surface area contributed by atoms with E-state index in [0.29, 0.717) is 0 Å². The Morgan fingerprint density at radius 1 is 1.00 bits per heavy atom. The Hall–Kier alpha value is -1.54. The maximum absolute atomic E-state index is 5.85. The second kappa shape index (κ2) is 10.3. The lowest BCUT2D eigenvalue weighted by atomic mass is 10.0. The van der Waals surface area contributed by atoms with E-state index in [9.17, 15) is 0 Å². The summed E-state index contributed by atoms with van der Waals surface area (Å²) in [5, 5.41) is 6.07. The first kappa shape index (κ1) is 17.8. The highest BCUT2D eigenvalue weighted by Gasteiger charge is 2.05. The molecule has 2 aromatic rings. The SMILES string of the molecule is CCCCC(CC)COCCCNc1ccc2ccccc2c1. The predicted octanol–water partition coefficient (Wildman–Crippen LogP) is 5.87. The summed E-state index contributed by atoms with van der Waals surface area (Å²) < 4.78 is 5.85. The third kappa shape index (κ3) is 6.23. The first-order valence-electron chi connectivity index (χ1n) is 9.14. The Kier molecular flexibility index (Phi) is 7.96. The number of anilines is 1.